The molecule has 2 N–H and O–H groups in total. The molecule has 48 heavy (non-hydrogen) atoms. The smallest absolute Gasteiger partial charge is 0.489 e. The third-order valence-corrected chi connectivity index (χ3v) is 11.5. The molecule has 0 aromatic heterocycles. The number of amides is 5. The van der Waals surface area contributed by atoms with Crippen LogP contribution in [-0.4, -0.2) is 103 Å². The van der Waals surface area contributed by atoms with Crippen LogP contribution >= 0.6 is 0 Å². The van der Waals surface area contributed by atoms with Crippen LogP contribution in [-0.2, 0) is 28.4 Å². The minimum atomic E-state index is -1.44. The predicted octanol–water partition coefficient (Wildman–Crippen LogP) is 2.81. The van der Waals surface area contributed by atoms with Crippen LogP contribution in [0.1, 0.15) is 78.6 Å². The molecule has 0 radical (unpaired) electrons. The Morgan fingerprint density at radius 2 is 1.77 bits per heavy atom. The predicted molar refractivity (Wildman–Crippen MR) is 176 cm³/mol. The number of carbonyl (C=O) groups excluding carboxylic acids is 5. The van der Waals surface area contributed by atoms with E-state index in [1.165, 1.54) is 18.9 Å². The minimum absolute atomic E-state index is 0.00560. The van der Waals surface area contributed by atoms with Gasteiger partial charge in [-0.05, 0) is 68.4 Å². The Kier molecular flexibility index (Phi) is 9.41. The first-order chi connectivity index (χ1) is 22.4. The van der Waals surface area contributed by atoms with E-state index in [4.69, 9.17) is 18.8 Å². The number of nitrogens with one attached hydrogen (secondary N) is 2. The van der Waals surface area contributed by atoms with Gasteiger partial charge in [-0.25, -0.2) is 9.59 Å². The van der Waals surface area contributed by atoms with E-state index in [0.29, 0.717) is 18.2 Å². The topological polar surface area (TPSA) is 153 Å². The Bertz CT molecular complexity index is 1480. The highest BCUT2D eigenvalue weighted by atomic mass is 16.7. The van der Waals surface area contributed by atoms with Gasteiger partial charge < -0.3 is 34.3 Å². The van der Waals surface area contributed by atoms with Crippen LogP contribution in [0.25, 0.3) is 0 Å². The van der Waals surface area contributed by atoms with Crippen molar-refractivity contribution in [2.75, 3.05) is 33.4 Å². The number of hydrogen-bond donors (Lipinski definition) is 2. The molecule has 262 valence electrons. The SMILES string of the molecule is CCN1CCN(C(=O)N[C@@H](C)C(=O)N[C@](COC(=O)c2ccccc2OC)(B2OC3C[C@@H]4C[C@@H](C4(C)C)[C@]3(C)O2)C(C)(C)C)C(=O)C1=O. The first-order valence-corrected chi connectivity index (χ1v) is 16.8. The summed E-state index contributed by atoms with van der Waals surface area (Å²) in [5.74, 6) is -1.95. The molecule has 0 spiro atoms. The van der Waals surface area contributed by atoms with Crippen LogP contribution < -0.4 is 15.4 Å². The summed E-state index contributed by atoms with van der Waals surface area (Å²) >= 11 is 0. The molecule has 1 aromatic rings. The van der Waals surface area contributed by atoms with Gasteiger partial charge in [0.2, 0.25) is 5.91 Å². The lowest BCUT2D eigenvalue weighted by Gasteiger charge is -2.64. The van der Waals surface area contributed by atoms with Crippen molar-refractivity contribution in [2.45, 2.75) is 91.4 Å². The molecule has 2 saturated heterocycles. The second-order valence-corrected chi connectivity index (χ2v) is 15.3. The van der Waals surface area contributed by atoms with E-state index in [-0.39, 0.29) is 42.7 Å². The van der Waals surface area contributed by atoms with Gasteiger partial charge in [0.25, 0.3) is 0 Å². The van der Waals surface area contributed by atoms with Crippen molar-refractivity contribution in [1.82, 2.24) is 20.4 Å². The van der Waals surface area contributed by atoms with Crippen molar-refractivity contribution < 1.29 is 42.8 Å². The third-order valence-electron chi connectivity index (χ3n) is 11.5. The zero-order chi connectivity index (χ0) is 35.4. The highest BCUT2D eigenvalue weighted by molar-refractivity contribution is 6.50. The fourth-order valence-corrected chi connectivity index (χ4v) is 7.90. The van der Waals surface area contributed by atoms with Crippen LogP contribution in [0.3, 0.4) is 0 Å². The van der Waals surface area contributed by atoms with Crippen LogP contribution in [0.4, 0.5) is 4.79 Å². The van der Waals surface area contributed by atoms with Crippen LogP contribution in [0.15, 0.2) is 24.3 Å². The van der Waals surface area contributed by atoms with E-state index < -0.39 is 59.3 Å². The normalized spacial score (nSPS) is 28.1. The molecule has 5 fully saturated rings. The number of methoxy groups -OCH3 is 1. The number of imide groups is 1. The maximum absolute atomic E-state index is 14.0. The summed E-state index contributed by atoms with van der Waals surface area (Å²) in [6, 6.07) is 4.68. The molecule has 14 heteroatoms. The van der Waals surface area contributed by atoms with Crippen molar-refractivity contribution in [3.05, 3.63) is 29.8 Å². The molecule has 6 atom stereocenters. The standard InChI is InChI=1S/C34H49BN4O9/c1-10-38-15-16-39(28(42)27(38)41)30(44)36-20(2)26(40)37-34(31(3,4)5,19-46-29(43)22-13-11-12-14-23(22)45-9)35-47-25-18-21-17-24(32(21,6)7)33(25,8)48-35/h11-14,20-21,24-25H,10,15-19H2,1-9H3,(H,36,44)(H,37,40)/t20-,21-,24-,25?,33-,34-/m0/s1. The average Bonchev–Trinajstić information content (AvgIpc) is 3.40. The van der Waals surface area contributed by atoms with Gasteiger partial charge in [0.05, 0.1) is 18.8 Å². The molecule has 6 rings (SSSR count). The fraction of sp³-hybridized carbons (Fsp3) is 0.676. The summed E-state index contributed by atoms with van der Waals surface area (Å²) in [5, 5.41) is 5.64. The molecular formula is C34H49BN4O9. The molecule has 5 aliphatic rings. The minimum Gasteiger partial charge on any atom is -0.496 e. The molecule has 2 heterocycles. The zero-order valence-electron chi connectivity index (χ0n) is 29.5. The quantitative estimate of drug-likeness (QED) is 0.230. The molecule has 2 aliphatic heterocycles. The van der Waals surface area contributed by atoms with Crippen molar-refractivity contribution in [1.29, 1.82) is 0 Å². The van der Waals surface area contributed by atoms with E-state index in [9.17, 15) is 24.0 Å². The number of ether oxygens (including phenoxy) is 2. The van der Waals surface area contributed by atoms with Gasteiger partial charge >= 0.3 is 30.9 Å². The maximum Gasteiger partial charge on any atom is 0.489 e. The number of esters is 1. The lowest BCUT2D eigenvalue weighted by Crippen LogP contribution is -2.72. The number of rotatable bonds is 9. The molecule has 5 amide bonds. The second-order valence-electron chi connectivity index (χ2n) is 15.3. The van der Waals surface area contributed by atoms with Gasteiger partial charge in [-0.1, -0.05) is 46.8 Å². The summed E-state index contributed by atoms with van der Waals surface area (Å²) in [6.45, 7) is 15.7. The molecular weight excluding hydrogens is 619 g/mol. The summed E-state index contributed by atoms with van der Waals surface area (Å²) in [5.41, 5.74) is -2.61. The number of hydrogen-bond acceptors (Lipinski definition) is 9. The number of carbonyl (C=O) groups is 5. The van der Waals surface area contributed by atoms with E-state index >= 15 is 0 Å². The molecule has 1 unspecified atom stereocenters. The summed E-state index contributed by atoms with van der Waals surface area (Å²) in [7, 11) is 0.450. The van der Waals surface area contributed by atoms with Gasteiger partial charge in [0, 0.05) is 19.6 Å². The Labute approximate surface area is 282 Å². The number of nitrogens with zero attached hydrogens (tertiary/aromatic N) is 2. The van der Waals surface area contributed by atoms with E-state index in [1.807, 2.05) is 20.8 Å². The Balaban J connectivity index is 1.42. The number of piperazine rings is 1. The second kappa shape index (κ2) is 12.7. The van der Waals surface area contributed by atoms with Gasteiger partial charge in [0.1, 0.15) is 29.4 Å². The largest absolute Gasteiger partial charge is 0.496 e. The van der Waals surface area contributed by atoms with Crippen LogP contribution in [0.2, 0.25) is 0 Å². The number of likely N-dealkylation sites (N-methyl/N-ethyl adjacent to an activating group) is 1. The Morgan fingerprint density at radius 1 is 1.08 bits per heavy atom. The number of urea groups is 1. The van der Waals surface area contributed by atoms with E-state index in [2.05, 4.69) is 31.4 Å². The van der Waals surface area contributed by atoms with Crippen molar-refractivity contribution in [3.63, 3.8) is 0 Å². The maximum atomic E-state index is 14.0. The van der Waals surface area contributed by atoms with Gasteiger partial charge in [-0.2, -0.15) is 0 Å². The van der Waals surface area contributed by atoms with Crippen molar-refractivity contribution in [3.8, 4) is 5.75 Å². The molecule has 1 aromatic carbocycles. The molecule has 3 saturated carbocycles. The van der Waals surface area contributed by atoms with Crippen LogP contribution in [0.5, 0.6) is 5.75 Å². The first kappa shape index (κ1) is 35.7. The number of para-hydroxylation sites is 1. The van der Waals surface area contributed by atoms with Gasteiger partial charge in [-0.3, -0.25) is 19.3 Å². The Morgan fingerprint density at radius 3 is 2.40 bits per heavy atom. The fourth-order valence-electron chi connectivity index (χ4n) is 7.90. The van der Waals surface area contributed by atoms with Crippen molar-refractivity contribution in [2.24, 2.45) is 22.7 Å². The highest BCUT2D eigenvalue weighted by Gasteiger charge is 2.72. The lowest BCUT2D eigenvalue weighted by atomic mass is 9.43. The molecule has 2 bridgehead atoms. The third kappa shape index (κ3) is 5.84. The summed E-state index contributed by atoms with van der Waals surface area (Å²) in [6.07, 6.45) is 1.59. The highest BCUT2D eigenvalue weighted by Crippen LogP contribution is 2.66. The van der Waals surface area contributed by atoms with Crippen molar-refractivity contribution >= 4 is 36.8 Å². The monoisotopic (exact) mass is 668 g/mol. The van der Waals surface area contributed by atoms with E-state index in [1.54, 1.807) is 31.2 Å². The Hall–Kier alpha value is -3.65. The van der Waals surface area contributed by atoms with E-state index in [0.717, 1.165) is 17.7 Å². The first-order valence-electron chi connectivity index (χ1n) is 16.8. The van der Waals surface area contributed by atoms with Gasteiger partial charge in [0.15, 0.2) is 0 Å². The average molecular weight is 669 g/mol. The summed E-state index contributed by atoms with van der Waals surface area (Å²) in [4.78, 5) is 67.9. The molecule has 3 aliphatic carbocycles. The zero-order valence-corrected chi connectivity index (χ0v) is 29.5. The molecule has 13 nitrogen and oxygen atoms in total. The number of benzene rings is 1. The summed E-state index contributed by atoms with van der Waals surface area (Å²) < 4.78 is 24.9. The lowest BCUT2D eigenvalue weighted by molar-refractivity contribution is -0.199. The van der Waals surface area contributed by atoms with Gasteiger partial charge in [-0.15, -0.1) is 0 Å². The van der Waals surface area contributed by atoms with Crippen LogP contribution in [0, 0.1) is 22.7 Å².